The highest BCUT2D eigenvalue weighted by molar-refractivity contribution is 5.67. The van der Waals surface area contributed by atoms with Gasteiger partial charge >= 0.3 is 6.09 Å². The smallest absolute Gasteiger partial charge is 0.409 e. The number of carbonyl (C=O) groups is 1. The molecular weight excluding hydrogens is 190 g/mol. The average Bonchev–Trinajstić information content (AvgIpc) is 2.67. The van der Waals surface area contributed by atoms with E-state index in [9.17, 15) is 4.79 Å². The number of hydrogen-bond donors (Lipinski definition) is 0. The molecule has 15 heavy (non-hydrogen) atoms. The van der Waals surface area contributed by atoms with Crippen LogP contribution < -0.4 is 0 Å². The van der Waals surface area contributed by atoms with Gasteiger partial charge < -0.3 is 9.64 Å². The topological polar surface area (TPSA) is 29.5 Å². The van der Waals surface area contributed by atoms with Crippen molar-refractivity contribution in [3.05, 3.63) is 0 Å². The van der Waals surface area contributed by atoms with E-state index in [0.717, 1.165) is 38.8 Å². The molecule has 1 fully saturated rings. The van der Waals surface area contributed by atoms with Crippen molar-refractivity contribution in [2.45, 2.75) is 46.5 Å². The largest absolute Gasteiger partial charge is 0.449 e. The second-order valence-corrected chi connectivity index (χ2v) is 5.16. The van der Waals surface area contributed by atoms with Gasteiger partial charge in [0.25, 0.3) is 0 Å². The molecule has 0 atom stereocenters. The number of hydrogen-bond acceptors (Lipinski definition) is 2. The summed E-state index contributed by atoms with van der Waals surface area (Å²) >= 11 is 0. The summed E-state index contributed by atoms with van der Waals surface area (Å²) in [5, 5.41) is 0. The van der Waals surface area contributed by atoms with Gasteiger partial charge in [-0.1, -0.05) is 27.2 Å². The maximum atomic E-state index is 11.6. The monoisotopic (exact) mass is 213 g/mol. The summed E-state index contributed by atoms with van der Waals surface area (Å²) in [6.07, 6.45) is 4.34. The molecule has 1 amide bonds. The summed E-state index contributed by atoms with van der Waals surface area (Å²) in [6, 6.07) is 0. The number of nitrogens with zero attached hydrogens (tertiary/aromatic N) is 1. The zero-order chi connectivity index (χ0) is 11.3. The van der Waals surface area contributed by atoms with E-state index < -0.39 is 0 Å². The lowest BCUT2D eigenvalue weighted by atomic mass is 9.89. The number of likely N-dealkylation sites (tertiary alicyclic amines) is 1. The molecule has 0 N–H and O–H groups in total. The van der Waals surface area contributed by atoms with Crippen LogP contribution in [0.2, 0.25) is 0 Å². The van der Waals surface area contributed by atoms with E-state index in [1.54, 1.807) is 0 Å². The van der Waals surface area contributed by atoms with Crippen molar-refractivity contribution in [3.63, 3.8) is 0 Å². The van der Waals surface area contributed by atoms with Crippen molar-refractivity contribution in [2.24, 2.45) is 5.41 Å². The second-order valence-electron chi connectivity index (χ2n) is 5.16. The van der Waals surface area contributed by atoms with Gasteiger partial charge in [0.1, 0.15) is 0 Å². The molecule has 1 aliphatic rings. The standard InChI is InChI=1S/C12H23NO2/c1-4-7-12(2,3)10-15-11(14)13-8-5-6-9-13/h4-10H2,1-3H3. The lowest BCUT2D eigenvalue weighted by molar-refractivity contribution is 0.0691. The molecule has 1 aliphatic heterocycles. The first-order valence-electron chi connectivity index (χ1n) is 5.97. The highest BCUT2D eigenvalue weighted by Crippen LogP contribution is 2.23. The fourth-order valence-electron chi connectivity index (χ4n) is 2.00. The highest BCUT2D eigenvalue weighted by Gasteiger charge is 2.23. The van der Waals surface area contributed by atoms with Crippen molar-refractivity contribution in [2.75, 3.05) is 19.7 Å². The van der Waals surface area contributed by atoms with E-state index in [0.29, 0.717) is 6.61 Å². The summed E-state index contributed by atoms with van der Waals surface area (Å²) in [5.41, 5.74) is 0.115. The molecule has 0 aliphatic carbocycles. The Morgan fingerprint density at radius 1 is 1.33 bits per heavy atom. The van der Waals surface area contributed by atoms with Crippen molar-refractivity contribution >= 4 is 6.09 Å². The third-order valence-corrected chi connectivity index (χ3v) is 2.88. The molecule has 3 heteroatoms. The lowest BCUT2D eigenvalue weighted by Crippen LogP contribution is -2.31. The third kappa shape index (κ3) is 4.10. The molecule has 0 aromatic heterocycles. The molecule has 0 radical (unpaired) electrons. The Morgan fingerprint density at radius 3 is 2.47 bits per heavy atom. The van der Waals surface area contributed by atoms with Crippen molar-refractivity contribution < 1.29 is 9.53 Å². The van der Waals surface area contributed by atoms with Crippen molar-refractivity contribution in [3.8, 4) is 0 Å². The summed E-state index contributed by atoms with van der Waals surface area (Å²) in [6.45, 7) is 8.72. The first-order chi connectivity index (χ1) is 7.05. The maximum absolute atomic E-state index is 11.6. The van der Waals surface area contributed by atoms with Gasteiger partial charge in [-0.2, -0.15) is 0 Å². The predicted octanol–water partition coefficient (Wildman–Crippen LogP) is 3.05. The van der Waals surface area contributed by atoms with Gasteiger partial charge in [0, 0.05) is 13.1 Å². The van der Waals surface area contributed by atoms with Crippen LogP contribution >= 0.6 is 0 Å². The van der Waals surface area contributed by atoms with E-state index >= 15 is 0 Å². The van der Waals surface area contributed by atoms with E-state index in [2.05, 4.69) is 20.8 Å². The van der Waals surface area contributed by atoms with Crippen LogP contribution in [0.5, 0.6) is 0 Å². The zero-order valence-corrected chi connectivity index (χ0v) is 10.2. The van der Waals surface area contributed by atoms with Crippen LogP contribution in [0.4, 0.5) is 4.79 Å². The van der Waals surface area contributed by atoms with Crippen LogP contribution in [0.1, 0.15) is 46.5 Å². The van der Waals surface area contributed by atoms with Crippen molar-refractivity contribution in [1.82, 2.24) is 4.90 Å². The van der Waals surface area contributed by atoms with E-state index in [1.807, 2.05) is 4.90 Å². The highest BCUT2D eigenvalue weighted by atomic mass is 16.6. The molecule has 3 nitrogen and oxygen atoms in total. The first kappa shape index (κ1) is 12.3. The Bertz CT molecular complexity index is 208. The van der Waals surface area contributed by atoms with Crippen LogP contribution in [-0.2, 0) is 4.74 Å². The van der Waals surface area contributed by atoms with Crippen LogP contribution in [0.25, 0.3) is 0 Å². The molecule has 1 rings (SSSR count). The Balaban J connectivity index is 2.26. The van der Waals surface area contributed by atoms with E-state index in [1.165, 1.54) is 0 Å². The first-order valence-corrected chi connectivity index (χ1v) is 5.97. The molecule has 1 saturated heterocycles. The lowest BCUT2D eigenvalue weighted by Gasteiger charge is -2.25. The molecule has 0 saturated carbocycles. The van der Waals surface area contributed by atoms with Gasteiger partial charge in [0.05, 0.1) is 6.61 Å². The second kappa shape index (κ2) is 5.38. The van der Waals surface area contributed by atoms with Gasteiger partial charge in [-0.3, -0.25) is 0 Å². The van der Waals surface area contributed by atoms with Gasteiger partial charge in [-0.25, -0.2) is 4.79 Å². The fourth-order valence-corrected chi connectivity index (χ4v) is 2.00. The molecular formula is C12H23NO2. The summed E-state index contributed by atoms with van der Waals surface area (Å²) in [7, 11) is 0. The van der Waals surface area contributed by atoms with E-state index in [4.69, 9.17) is 4.74 Å². The van der Waals surface area contributed by atoms with Crippen molar-refractivity contribution in [1.29, 1.82) is 0 Å². The predicted molar refractivity (Wildman–Crippen MR) is 60.8 cm³/mol. The normalized spacial score (nSPS) is 16.9. The van der Waals surface area contributed by atoms with E-state index in [-0.39, 0.29) is 11.5 Å². The molecule has 0 bridgehead atoms. The quantitative estimate of drug-likeness (QED) is 0.718. The minimum atomic E-state index is -0.128. The SMILES string of the molecule is CCCC(C)(C)COC(=O)N1CCCC1. The molecule has 0 aromatic rings. The fraction of sp³-hybridized carbons (Fsp3) is 0.917. The van der Waals surface area contributed by atoms with Gasteiger partial charge in [-0.05, 0) is 24.7 Å². The number of carbonyl (C=O) groups excluding carboxylic acids is 1. The Hall–Kier alpha value is -0.730. The summed E-state index contributed by atoms with van der Waals surface area (Å²) < 4.78 is 5.33. The van der Waals surface area contributed by atoms with Crippen LogP contribution in [-0.4, -0.2) is 30.7 Å². The van der Waals surface area contributed by atoms with Gasteiger partial charge in [0.15, 0.2) is 0 Å². The number of amides is 1. The summed E-state index contributed by atoms with van der Waals surface area (Å²) in [4.78, 5) is 13.4. The summed E-state index contributed by atoms with van der Waals surface area (Å²) in [5.74, 6) is 0. The molecule has 0 unspecified atom stereocenters. The number of rotatable bonds is 4. The molecule has 1 heterocycles. The van der Waals surface area contributed by atoms with Crippen LogP contribution in [0.15, 0.2) is 0 Å². The average molecular weight is 213 g/mol. The molecule has 88 valence electrons. The third-order valence-electron chi connectivity index (χ3n) is 2.88. The Kier molecular flexibility index (Phi) is 4.43. The Morgan fingerprint density at radius 2 is 1.93 bits per heavy atom. The Labute approximate surface area is 92.8 Å². The number of ether oxygens (including phenoxy) is 1. The molecule has 0 spiro atoms. The minimum Gasteiger partial charge on any atom is -0.449 e. The zero-order valence-electron chi connectivity index (χ0n) is 10.2. The van der Waals surface area contributed by atoms with Gasteiger partial charge in [-0.15, -0.1) is 0 Å². The minimum absolute atomic E-state index is 0.115. The molecule has 0 aromatic carbocycles. The maximum Gasteiger partial charge on any atom is 0.409 e. The van der Waals surface area contributed by atoms with Crippen LogP contribution in [0.3, 0.4) is 0 Å². The van der Waals surface area contributed by atoms with Gasteiger partial charge in [0.2, 0.25) is 0 Å². The van der Waals surface area contributed by atoms with Crippen LogP contribution in [0, 0.1) is 5.41 Å².